The second-order valence-corrected chi connectivity index (χ2v) is 16.3. The van der Waals surface area contributed by atoms with Crippen LogP contribution in [-0.4, -0.2) is 59.9 Å². The molecule has 0 aliphatic rings. The smallest absolute Gasteiger partial charge is 0.472 e. The number of rotatable bonds is 41. The Labute approximate surface area is 328 Å². The number of ether oxygens (including phenoxy) is 2. The highest BCUT2D eigenvalue weighted by molar-refractivity contribution is 7.47. The molecule has 54 heavy (non-hydrogen) atoms. The van der Waals surface area contributed by atoms with Gasteiger partial charge in [-0.25, -0.2) is 4.57 Å². The summed E-state index contributed by atoms with van der Waals surface area (Å²) >= 11 is 0. The summed E-state index contributed by atoms with van der Waals surface area (Å²) in [5.41, 5.74) is 5.33. The monoisotopic (exact) mass is 790 g/mol. The van der Waals surface area contributed by atoms with Crippen LogP contribution in [0.4, 0.5) is 0 Å². The van der Waals surface area contributed by atoms with Crippen LogP contribution in [0.2, 0.25) is 0 Å². The molecule has 4 N–H and O–H groups in total. The van der Waals surface area contributed by atoms with Crippen LogP contribution in [0.3, 0.4) is 0 Å². The van der Waals surface area contributed by atoms with Gasteiger partial charge in [-0.05, 0) is 32.1 Å². The van der Waals surface area contributed by atoms with Crippen molar-refractivity contribution in [3.63, 3.8) is 0 Å². The summed E-state index contributed by atoms with van der Waals surface area (Å²) in [6.07, 6.45) is 37.1. The van der Waals surface area contributed by atoms with E-state index >= 15 is 0 Å². The first kappa shape index (κ1) is 52.2. The van der Waals surface area contributed by atoms with E-state index in [2.05, 4.69) is 30.5 Å². The lowest BCUT2D eigenvalue weighted by atomic mass is 10.0. The number of esters is 2. The molecule has 0 radical (unpaired) electrons. The predicted octanol–water partition coefficient (Wildman–Crippen LogP) is 11.3. The molecule has 0 aromatic heterocycles. The summed E-state index contributed by atoms with van der Waals surface area (Å²) in [5, 5.41) is 8.88. The van der Waals surface area contributed by atoms with Gasteiger partial charge in [0.2, 0.25) is 0 Å². The van der Waals surface area contributed by atoms with Crippen LogP contribution in [0, 0.1) is 0 Å². The molecule has 12 heteroatoms. The quantitative estimate of drug-likeness (QED) is 0.0233. The molecule has 0 rings (SSSR count). The minimum Gasteiger partial charge on any atom is -0.480 e. The van der Waals surface area contributed by atoms with Crippen molar-refractivity contribution < 1.29 is 47.5 Å². The Morgan fingerprint density at radius 3 is 1.41 bits per heavy atom. The third kappa shape index (κ3) is 37.2. The maximum atomic E-state index is 12.6. The van der Waals surface area contributed by atoms with Gasteiger partial charge in [0, 0.05) is 12.8 Å². The number of hydrogen-bond acceptors (Lipinski definition) is 9. The van der Waals surface area contributed by atoms with Crippen LogP contribution in [-0.2, 0) is 37.5 Å². The molecule has 0 aromatic rings. The van der Waals surface area contributed by atoms with Crippen LogP contribution in [0.5, 0.6) is 0 Å². The fraction of sp³-hybridized carbons (Fsp3) is 0.881. The summed E-state index contributed by atoms with van der Waals surface area (Å²) < 4.78 is 32.6. The molecule has 0 aliphatic heterocycles. The first-order valence-electron chi connectivity index (χ1n) is 21.7. The Balaban J connectivity index is 4.28. The fourth-order valence-corrected chi connectivity index (χ4v) is 6.82. The Hall–Kier alpha value is -1.78. The molecular weight excluding hydrogens is 709 g/mol. The van der Waals surface area contributed by atoms with Gasteiger partial charge in [0.05, 0.1) is 13.2 Å². The van der Waals surface area contributed by atoms with Crippen LogP contribution in [0.15, 0.2) is 12.2 Å². The van der Waals surface area contributed by atoms with Gasteiger partial charge in [0.25, 0.3) is 0 Å². The molecule has 0 aromatic carbocycles. The Morgan fingerprint density at radius 2 is 0.944 bits per heavy atom. The van der Waals surface area contributed by atoms with E-state index < -0.39 is 51.1 Å². The number of hydrogen-bond donors (Lipinski definition) is 3. The number of carboxylic acid groups (broad SMARTS) is 1. The Kier molecular flexibility index (Phi) is 36.9. The fourth-order valence-electron chi connectivity index (χ4n) is 6.05. The van der Waals surface area contributed by atoms with Crippen molar-refractivity contribution in [3.8, 4) is 0 Å². The van der Waals surface area contributed by atoms with E-state index in [9.17, 15) is 23.8 Å². The number of carbonyl (C=O) groups excluding carboxylic acids is 2. The molecule has 11 nitrogen and oxygen atoms in total. The second-order valence-electron chi connectivity index (χ2n) is 14.8. The number of aliphatic carboxylic acids is 1. The molecule has 318 valence electrons. The van der Waals surface area contributed by atoms with Crippen molar-refractivity contribution in [3.05, 3.63) is 12.2 Å². The first-order valence-corrected chi connectivity index (χ1v) is 23.2. The van der Waals surface area contributed by atoms with E-state index in [-0.39, 0.29) is 19.4 Å². The molecule has 0 fully saturated rings. The standard InChI is InChI=1S/C42H80NO10P/c1-3-5-7-9-11-13-15-16-17-18-19-20-21-22-24-26-28-30-32-34-41(45)53-38(36-51-54(48,49)52-37-39(43)42(46)47)35-50-40(44)33-31-29-27-25-23-14-12-10-8-6-4-2/h10,12,38-39H,3-9,11,13-37,43H2,1-2H3,(H,46,47)(H,48,49)/b12-10-/t38-,39+/m1/s1. The van der Waals surface area contributed by atoms with Crippen LogP contribution in [0.1, 0.15) is 206 Å². The lowest BCUT2D eigenvalue weighted by molar-refractivity contribution is -0.161. The Morgan fingerprint density at radius 1 is 0.556 bits per heavy atom. The van der Waals surface area contributed by atoms with Crippen molar-refractivity contribution in [2.24, 2.45) is 5.73 Å². The lowest BCUT2D eigenvalue weighted by Gasteiger charge is -2.20. The zero-order valence-corrected chi connectivity index (χ0v) is 35.2. The third-order valence-electron chi connectivity index (χ3n) is 9.51. The van der Waals surface area contributed by atoms with Crippen molar-refractivity contribution in [2.75, 3.05) is 19.8 Å². The third-order valence-corrected chi connectivity index (χ3v) is 10.5. The number of carbonyl (C=O) groups is 3. The molecule has 0 bridgehead atoms. The highest BCUT2D eigenvalue weighted by Gasteiger charge is 2.28. The molecule has 0 aliphatic carbocycles. The zero-order chi connectivity index (χ0) is 40.0. The summed E-state index contributed by atoms with van der Waals surface area (Å²) in [6, 6.07) is -1.52. The van der Waals surface area contributed by atoms with E-state index in [1.807, 2.05) is 0 Å². The number of nitrogens with two attached hydrogens (primary N) is 1. The predicted molar refractivity (Wildman–Crippen MR) is 217 cm³/mol. The van der Waals surface area contributed by atoms with E-state index in [0.717, 1.165) is 57.8 Å². The van der Waals surface area contributed by atoms with Crippen molar-refractivity contribution >= 4 is 25.7 Å². The van der Waals surface area contributed by atoms with E-state index in [4.69, 9.17) is 24.8 Å². The van der Waals surface area contributed by atoms with E-state index in [1.165, 1.54) is 109 Å². The lowest BCUT2D eigenvalue weighted by Crippen LogP contribution is -2.34. The normalized spacial score (nSPS) is 13.9. The number of phosphoric ester groups is 1. The number of unbranched alkanes of at least 4 members (excludes halogenated alkanes) is 25. The van der Waals surface area contributed by atoms with Gasteiger partial charge in [-0.3, -0.25) is 23.4 Å². The Bertz CT molecular complexity index is 979. The van der Waals surface area contributed by atoms with Gasteiger partial charge < -0.3 is 25.2 Å². The average molecular weight is 790 g/mol. The van der Waals surface area contributed by atoms with Crippen LogP contribution >= 0.6 is 7.82 Å². The summed E-state index contributed by atoms with van der Waals surface area (Å²) in [7, 11) is -4.71. The maximum absolute atomic E-state index is 12.6. The van der Waals surface area contributed by atoms with Gasteiger partial charge in [-0.1, -0.05) is 174 Å². The van der Waals surface area contributed by atoms with Gasteiger partial charge in [0.1, 0.15) is 12.6 Å². The number of phosphoric acid groups is 1. The molecule has 1 unspecified atom stereocenters. The van der Waals surface area contributed by atoms with Crippen molar-refractivity contribution in [1.82, 2.24) is 0 Å². The molecule has 0 heterocycles. The average Bonchev–Trinajstić information content (AvgIpc) is 3.14. The van der Waals surface area contributed by atoms with Gasteiger partial charge in [-0.15, -0.1) is 0 Å². The second kappa shape index (κ2) is 38.1. The van der Waals surface area contributed by atoms with Gasteiger partial charge in [-0.2, -0.15) is 0 Å². The van der Waals surface area contributed by atoms with Crippen molar-refractivity contribution in [2.45, 2.75) is 219 Å². The molecular formula is C42H80NO10P. The number of carboxylic acids is 1. The minimum absolute atomic E-state index is 0.165. The zero-order valence-electron chi connectivity index (χ0n) is 34.3. The maximum Gasteiger partial charge on any atom is 0.472 e. The first-order chi connectivity index (χ1) is 26.1. The van der Waals surface area contributed by atoms with Crippen LogP contribution in [0.25, 0.3) is 0 Å². The highest BCUT2D eigenvalue weighted by atomic mass is 31.2. The summed E-state index contributed by atoms with van der Waals surface area (Å²) in [5.74, 6) is -2.38. The topological polar surface area (TPSA) is 172 Å². The van der Waals surface area contributed by atoms with E-state index in [1.54, 1.807) is 0 Å². The summed E-state index contributed by atoms with van der Waals surface area (Å²) in [6.45, 7) is 2.77. The van der Waals surface area contributed by atoms with E-state index in [0.29, 0.717) is 12.8 Å². The van der Waals surface area contributed by atoms with Crippen molar-refractivity contribution in [1.29, 1.82) is 0 Å². The molecule has 3 atom stereocenters. The van der Waals surface area contributed by atoms with Gasteiger partial charge in [0.15, 0.2) is 6.10 Å². The SMILES string of the molecule is CCCC/C=C\CCCCCCCC(=O)OC[C@H](COP(=O)(O)OC[C@H](N)C(=O)O)OC(=O)CCCCCCCCCCCCCCCCCCCCC. The largest absolute Gasteiger partial charge is 0.480 e. The molecule has 0 saturated heterocycles. The summed E-state index contributed by atoms with van der Waals surface area (Å²) in [4.78, 5) is 45.9. The molecule has 0 saturated carbocycles. The molecule has 0 spiro atoms. The van der Waals surface area contributed by atoms with Gasteiger partial charge >= 0.3 is 25.7 Å². The number of allylic oxidation sites excluding steroid dienone is 2. The minimum atomic E-state index is -4.71. The highest BCUT2D eigenvalue weighted by Crippen LogP contribution is 2.43. The molecule has 0 amide bonds. The van der Waals surface area contributed by atoms with Crippen LogP contribution < -0.4 is 5.73 Å².